The normalized spacial score (nSPS) is 13.7. The molecule has 0 fully saturated rings. The first-order chi connectivity index (χ1) is 17.9. The number of allylic oxidation sites excluding steroid dienone is 4. The Labute approximate surface area is 261 Å². The topological polar surface area (TPSA) is 0 Å². The smallest absolute Gasteiger partial charge is 0.0771 e. The molecular weight excluding hydrogens is 595 g/mol. The van der Waals surface area contributed by atoms with Gasteiger partial charge in [0.05, 0.1) is 0 Å². The van der Waals surface area contributed by atoms with Crippen molar-refractivity contribution in [3.8, 4) is 0 Å². The summed E-state index contributed by atoms with van der Waals surface area (Å²) in [6.07, 6.45) is 5.68. The van der Waals surface area contributed by atoms with Gasteiger partial charge in [-0.2, -0.15) is 11.6 Å². The molecule has 6 rings (SSSR count). The quantitative estimate of drug-likeness (QED) is 0.269. The van der Waals surface area contributed by atoms with E-state index in [1.807, 2.05) is 0 Å². The fourth-order valence-corrected chi connectivity index (χ4v) is 5.59. The molecule has 198 valence electrons. The Kier molecular flexibility index (Phi) is 13.4. The van der Waals surface area contributed by atoms with E-state index in [9.17, 15) is 0 Å². The monoisotopic (exact) mass is 626 g/mol. The van der Waals surface area contributed by atoms with Crippen LogP contribution in [0.25, 0.3) is 21.5 Å². The van der Waals surface area contributed by atoms with Crippen LogP contribution in [0.2, 0.25) is 0 Å². The largest absolute Gasteiger partial charge is 0.126 e. The first-order valence-electron chi connectivity index (χ1n) is 13.0. The molecule has 39 heavy (non-hydrogen) atoms. The van der Waals surface area contributed by atoms with E-state index < -0.39 is 0 Å². The second kappa shape index (κ2) is 16.0. The molecule has 3 heteroatoms. The molecule has 5 aromatic carbocycles. The third-order valence-electron chi connectivity index (χ3n) is 6.58. The molecule has 1 atom stereocenters. The molecule has 0 amide bonds. The summed E-state index contributed by atoms with van der Waals surface area (Å²) in [5, 5.41) is 5.39. The fraction of sp³-hybridized carbons (Fsp3) is 0.167. The summed E-state index contributed by atoms with van der Waals surface area (Å²) in [7, 11) is 0. The summed E-state index contributed by atoms with van der Waals surface area (Å²) >= 11 is 1.46. The van der Waals surface area contributed by atoms with Gasteiger partial charge in [0.15, 0.2) is 0 Å². The van der Waals surface area contributed by atoms with Gasteiger partial charge in [0.1, 0.15) is 0 Å². The van der Waals surface area contributed by atoms with Gasteiger partial charge in [0.25, 0.3) is 0 Å². The van der Waals surface area contributed by atoms with Crippen LogP contribution in [0.1, 0.15) is 38.8 Å². The van der Waals surface area contributed by atoms with E-state index in [-0.39, 0.29) is 24.8 Å². The van der Waals surface area contributed by atoms with Gasteiger partial charge >= 0.3 is 99.2 Å². The van der Waals surface area contributed by atoms with Crippen LogP contribution in [0, 0.1) is 17.9 Å². The van der Waals surface area contributed by atoms with Crippen molar-refractivity contribution < 1.29 is 49.0 Å². The molecule has 0 saturated carbocycles. The molecule has 0 radical (unpaired) electrons. The van der Waals surface area contributed by atoms with Crippen LogP contribution in [0.15, 0.2) is 132 Å². The third kappa shape index (κ3) is 8.78. The van der Waals surface area contributed by atoms with E-state index in [0.29, 0.717) is 11.8 Å². The van der Waals surface area contributed by atoms with Crippen LogP contribution in [0.4, 0.5) is 0 Å². The summed E-state index contributed by atoms with van der Waals surface area (Å²) in [5.74, 6) is 1.20. The standard InChI is InChI=1S/C13H9.C13H10.C10H15.2ClH.Zr/c1-3-7-12-10(5-1)9-11-6-2-4-8-13(11)12;1-3-7-12(8-4-1)11-13-9-5-2-6-10-13;1-7(2)10-6-8(3)5-9(10)4;;;/h1-9H;1-10H;6-8H,1-4H3;2*1H;/q-1;;-1;;;+2/p-2. The van der Waals surface area contributed by atoms with E-state index in [4.69, 9.17) is 0 Å². The SMILES string of the molecule is CC1=[C-]C(C)C=C1C(C)C.[Cl-].[Cl-].[Zr+2]=[C](c1ccccc1)c1ccccc1.c1ccc2c(c1)[cH-]c1ccccc12. The minimum Gasteiger partial charge on any atom is -0.126 e. The van der Waals surface area contributed by atoms with Crippen molar-refractivity contribution in [1.29, 1.82) is 0 Å². The maximum Gasteiger partial charge on any atom is -0.0771 e. The van der Waals surface area contributed by atoms with Crippen LogP contribution in [0.5, 0.6) is 0 Å². The van der Waals surface area contributed by atoms with Crippen molar-refractivity contribution in [3.63, 3.8) is 0 Å². The number of halogens is 2. The molecule has 0 nitrogen and oxygen atoms in total. The summed E-state index contributed by atoms with van der Waals surface area (Å²) in [6, 6.07) is 40.4. The first-order valence-corrected chi connectivity index (χ1v) is 14.2. The van der Waals surface area contributed by atoms with Crippen molar-refractivity contribution in [2.45, 2.75) is 27.7 Å². The number of fused-ring (bicyclic) bond motifs is 3. The molecule has 0 bridgehead atoms. The molecule has 1 aliphatic rings. The molecule has 1 aliphatic carbocycles. The maximum atomic E-state index is 3.37. The Morgan fingerprint density at radius 3 is 1.46 bits per heavy atom. The second-order valence-corrected chi connectivity index (χ2v) is 11.0. The summed E-state index contributed by atoms with van der Waals surface area (Å²) in [4.78, 5) is 0. The molecule has 5 aromatic rings. The van der Waals surface area contributed by atoms with Crippen molar-refractivity contribution >= 4 is 24.8 Å². The molecular formula is C36H34Cl2Zr-2. The van der Waals surface area contributed by atoms with Crippen LogP contribution >= 0.6 is 0 Å². The number of benzene rings is 4. The van der Waals surface area contributed by atoms with Gasteiger partial charge in [0, 0.05) is 0 Å². The summed E-state index contributed by atoms with van der Waals surface area (Å²) < 4.78 is 1.42. The van der Waals surface area contributed by atoms with E-state index in [1.165, 1.54) is 71.3 Å². The van der Waals surface area contributed by atoms with E-state index in [0.717, 1.165) is 0 Å². The average Bonchev–Trinajstić information content (AvgIpc) is 3.49. The maximum absolute atomic E-state index is 3.37. The third-order valence-corrected chi connectivity index (χ3v) is 8.00. The van der Waals surface area contributed by atoms with Gasteiger partial charge in [-0.3, -0.25) is 6.08 Å². The minimum absolute atomic E-state index is 0. The van der Waals surface area contributed by atoms with E-state index >= 15 is 0 Å². The first kappa shape index (κ1) is 32.8. The molecule has 0 heterocycles. The van der Waals surface area contributed by atoms with Gasteiger partial charge in [0.2, 0.25) is 0 Å². The summed E-state index contributed by atoms with van der Waals surface area (Å²) in [6.45, 7) is 8.79. The second-order valence-electron chi connectivity index (χ2n) is 9.76. The average molecular weight is 629 g/mol. The number of rotatable bonds is 3. The van der Waals surface area contributed by atoms with E-state index in [2.05, 4.69) is 155 Å². The predicted molar refractivity (Wildman–Crippen MR) is 158 cm³/mol. The Morgan fingerprint density at radius 1 is 0.692 bits per heavy atom. The molecule has 0 aromatic heterocycles. The van der Waals surface area contributed by atoms with Crippen LogP contribution < -0.4 is 24.8 Å². The van der Waals surface area contributed by atoms with Crippen LogP contribution in [0.3, 0.4) is 0 Å². The zero-order valence-electron chi connectivity index (χ0n) is 23.0. The fourth-order valence-electron chi connectivity index (χ4n) is 4.77. The van der Waals surface area contributed by atoms with Gasteiger partial charge in [-0.25, -0.2) is 5.57 Å². The van der Waals surface area contributed by atoms with Crippen molar-refractivity contribution in [1.82, 2.24) is 0 Å². The van der Waals surface area contributed by atoms with Gasteiger partial charge in [-0.05, 0) is 0 Å². The van der Waals surface area contributed by atoms with Crippen LogP contribution in [-0.4, -0.2) is 3.21 Å². The number of hydrogen-bond donors (Lipinski definition) is 0. The minimum atomic E-state index is 0. The Bertz CT molecular complexity index is 1430. The molecule has 0 spiro atoms. The molecule has 1 unspecified atom stereocenters. The molecule has 0 N–H and O–H groups in total. The zero-order chi connectivity index (χ0) is 26.2. The van der Waals surface area contributed by atoms with Gasteiger partial charge in [-0.1, -0.05) is 75.9 Å². The predicted octanol–water partition coefficient (Wildman–Crippen LogP) is 3.49. The molecule has 0 saturated heterocycles. The number of hydrogen-bond acceptors (Lipinski definition) is 0. The van der Waals surface area contributed by atoms with Crippen molar-refractivity contribution in [2.24, 2.45) is 11.8 Å². The Morgan fingerprint density at radius 2 is 1.10 bits per heavy atom. The zero-order valence-corrected chi connectivity index (χ0v) is 26.9. The van der Waals surface area contributed by atoms with E-state index in [1.54, 1.807) is 0 Å². The van der Waals surface area contributed by atoms with Crippen molar-refractivity contribution in [2.75, 3.05) is 0 Å². The van der Waals surface area contributed by atoms with Gasteiger partial charge < -0.3 is 24.8 Å². The van der Waals surface area contributed by atoms with Crippen molar-refractivity contribution in [3.05, 3.63) is 150 Å². The molecule has 0 aliphatic heterocycles. The summed E-state index contributed by atoms with van der Waals surface area (Å²) in [5.41, 5.74) is 5.49. The van der Waals surface area contributed by atoms with Gasteiger partial charge in [-0.15, -0.1) is 39.7 Å². The Hall–Kier alpha value is -2.44. The van der Waals surface area contributed by atoms with Crippen LogP contribution in [-0.2, 0) is 24.2 Å². The Balaban J connectivity index is 0.000000203.